The Balaban J connectivity index is 4.49. The summed E-state index contributed by atoms with van der Waals surface area (Å²) in [5, 5.41) is 17.9. The number of carbonyl (C=O) groups excluding carboxylic acids is 2. The fourth-order valence-corrected chi connectivity index (χ4v) is 6.35. The summed E-state index contributed by atoms with van der Waals surface area (Å²) in [5.74, 6) is -2.45. The minimum atomic E-state index is -4.73. The van der Waals surface area contributed by atoms with Gasteiger partial charge in [-0.1, -0.05) is 154 Å². The molecule has 0 bridgehead atoms. The number of rotatable bonds is 39. The first-order valence-electron chi connectivity index (χ1n) is 20.6. The lowest BCUT2D eigenvalue weighted by molar-refractivity contribution is -0.267. The molecule has 4 unspecified atom stereocenters. The number of hydrogen-bond acceptors (Lipinski definition) is 11. The van der Waals surface area contributed by atoms with E-state index in [1.165, 1.54) is 57.8 Å². The molecule has 0 amide bonds. The van der Waals surface area contributed by atoms with Gasteiger partial charge in [-0.25, -0.2) is 9.45 Å². The number of unbranched alkanes of at least 4 members (excludes halogenated alkanes) is 19. The number of phosphoric acid groups is 1. The minimum Gasteiger partial charge on any atom is -0.480 e. The number of phosphoric ester groups is 1. The lowest BCUT2D eigenvalue weighted by atomic mass is 10.0. The summed E-state index contributed by atoms with van der Waals surface area (Å²) in [5.41, 5.74) is 5.32. The third kappa shape index (κ3) is 34.4. The molecule has 0 saturated heterocycles. The first-order chi connectivity index (χ1) is 26.0. The molecule has 0 aromatic rings. The molecule has 316 valence electrons. The second-order valence-electron chi connectivity index (χ2n) is 14.1. The van der Waals surface area contributed by atoms with E-state index in [1.807, 2.05) is 18.2 Å². The van der Waals surface area contributed by atoms with E-state index in [9.17, 15) is 23.8 Å². The monoisotopic (exact) mass is 791 g/mol. The number of allylic oxidation sites excluding steroid dienone is 3. The van der Waals surface area contributed by atoms with Gasteiger partial charge >= 0.3 is 25.7 Å². The van der Waals surface area contributed by atoms with Crippen molar-refractivity contribution in [1.29, 1.82) is 0 Å². The zero-order valence-electron chi connectivity index (χ0n) is 33.4. The average molecular weight is 792 g/mol. The van der Waals surface area contributed by atoms with E-state index in [2.05, 4.69) is 29.3 Å². The molecule has 0 aromatic heterocycles. The van der Waals surface area contributed by atoms with Crippen molar-refractivity contribution in [3.8, 4) is 0 Å². The number of nitrogens with two attached hydrogens (primary N) is 1. The summed E-state index contributed by atoms with van der Waals surface area (Å²) in [6.45, 7) is 2.61. The molecule has 0 spiro atoms. The number of ether oxygens (including phenoxy) is 2. The highest BCUT2D eigenvalue weighted by Crippen LogP contribution is 2.43. The van der Waals surface area contributed by atoms with Crippen molar-refractivity contribution in [3.63, 3.8) is 0 Å². The third-order valence-electron chi connectivity index (χ3n) is 8.92. The van der Waals surface area contributed by atoms with Crippen molar-refractivity contribution in [2.45, 2.75) is 193 Å². The molecule has 0 aromatic carbocycles. The molecule has 0 aliphatic carbocycles. The fraction of sp³-hybridized carbons (Fsp3) is 0.825. The summed E-state index contributed by atoms with van der Waals surface area (Å²) in [4.78, 5) is 50.4. The predicted octanol–water partition coefficient (Wildman–Crippen LogP) is 9.75. The van der Waals surface area contributed by atoms with Crippen LogP contribution in [0, 0.1) is 0 Å². The van der Waals surface area contributed by atoms with Crippen LogP contribution in [0.2, 0.25) is 0 Å². The second-order valence-corrected chi connectivity index (χ2v) is 15.5. The Morgan fingerprint density at radius 1 is 0.667 bits per heavy atom. The standard InChI is InChI=1S/C40H74NO12P/c1-3-5-7-8-9-10-11-12-13-16-19-22-26-30-38(42)49-32-36(33-50-54(47,48)51-34-37(41)40(44)45)52-39(43)31-27-23-20-17-14-15-18-21-25-29-35(53-46)28-24-6-4-2/h18,21,25,29,35-37,46H,3-17,19-20,22-24,26-28,30-34,41H2,1-2H3,(H,44,45)(H,47,48)/b21-18-,29-25+. The molecular formula is C40H74NO12P. The van der Waals surface area contributed by atoms with Gasteiger partial charge in [-0.3, -0.25) is 28.7 Å². The van der Waals surface area contributed by atoms with E-state index >= 15 is 0 Å². The van der Waals surface area contributed by atoms with Crippen molar-refractivity contribution in [2.24, 2.45) is 5.73 Å². The van der Waals surface area contributed by atoms with Crippen LogP contribution in [-0.4, -0.2) is 71.2 Å². The Morgan fingerprint density at radius 2 is 1.17 bits per heavy atom. The summed E-state index contributed by atoms with van der Waals surface area (Å²) in [6, 6.07) is -1.53. The molecule has 13 nitrogen and oxygen atoms in total. The van der Waals surface area contributed by atoms with Crippen LogP contribution < -0.4 is 5.73 Å². The van der Waals surface area contributed by atoms with E-state index in [-0.39, 0.29) is 25.6 Å². The van der Waals surface area contributed by atoms with E-state index in [4.69, 9.17) is 30.1 Å². The summed E-state index contributed by atoms with van der Waals surface area (Å²) >= 11 is 0. The second kappa shape index (κ2) is 36.5. The minimum absolute atomic E-state index is 0.112. The van der Waals surface area contributed by atoms with Crippen LogP contribution in [0.1, 0.15) is 174 Å². The highest BCUT2D eigenvalue weighted by Gasteiger charge is 2.28. The van der Waals surface area contributed by atoms with Gasteiger partial charge in [0.25, 0.3) is 0 Å². The maximum Gasteiger partial charge on any atom is 0.472 e. The molecule has 0 radical (unpaired) electrons. The number of aliphatic carboxylic acids is 1. The molecular weight excluding hydrogens is 717 g/mol. The fourth-order valence-electron chi connectivity index (χ4n) is 5.57. The predicted molar refractivity (Wildman–Crippen MR) is 211 cm³/mol. The SMILES string of the molecule is CCCCCCCCCCCCCCCC(=O)OCC(COP(=O)(O)OCC(N)C(=O)O)OC(=O)CCCCCCC/C=C\C=C\C(CCCCC)OO. The van der Waals surface area contributed by atoms with Gasteiger partial charge in [0, 0.05) is 12.8 Å². The lowest BCUT2D eigenvalue weighted by Crippen LogP contribution is -2.34. The van der Waals surface area contributed by atoms with Crippen LogP contribution in [0.25, 0.3) is 0 Å². The maximum atomic E-state index is 12.6. The van der Waals surface area contributed by atoms with Crippen LogP contribution in [0.3, 0.4) is 0 Å². The molecule has 54 heavy (non-hydrogen) atoms. The first-order valence-corrected chi connectivity index (χ1v) is 22.1. The number of esters is 2. The number of carboxylic acids is 1. The molecule has 14 heteroatoms. The van der Waals surface area contributed by atoms with Crippen LogP contribution in [0.5, 0.6) is 0 Å². The Hall–Kier alpha value is -2.12. The van der Waals surface area contributed by atoms with Crippen molar-refractivity contribution in [2.75, 3.05) is 19.8 Å². The normalized spacial score (nSPS) is 14.6. The largest absolute Gasteiger partial charge is 0.480 e. The lowest BCUT2D eigenvalue weighted by Gasteiger charge is -2.20. The van der Waals surface area contributed by atoms with Crippen molar-refractivity contribution in [1.82, 2.24) is 0 Å². The zero-order chi connectivity index (χ0) is 40.1. The first kappa shape index (κ1) is 51.9. The third-order valence-corrected chi connectivity index (χ3v) is 9.87. The Labute approximate surface area is 325 Å². The van der Waals surface area contributed by atoms with Crippen LogP contribution in [0.4, 0.5) is 0 Å². The Kier molecular flexibility index (Phi) is 35.1. The summed E-state index contributed by atoms with van der Waals surface area (Å²) in [7, 11) is -4.73. The molecule has 0 aliphatic heterocycles. The van der Waals surface area contributed by atoms with Crippen molar-refractivity contribution in [3.05, 3.63) is 24.3 Å². The van der Waals surface area contributed by atoms with Crippen molar-refractivity contribution < 1.29 is 57.6 Å². The van der Waals surface area contributed by atoms with Gasteiger partial charge in [-0.2, -0.15) is 0 Å². The molecule has 0 saturated carbocycles. The van der Waals surface area contributed by atoms with E-state index in [0.29, 0.717) is 12.8 Å². The quantitative estimate of drug-likeness (QED) is 0.0115. The summed E-state index contributed by atoms with van der Waals surface area (Å²) < 4.78 is 32.6. The van der Waals surface area contributed by atoms with Crippen molar-refractivity contribution >= 4 is 25.7 Å². The smallest absolute Gasteiger partial charge is 0.472 e. The highest BCUT2D eigenvalue weighted by molar-refractivity contribution is 7.47. The highest BCUT2D eigenvalue weighted by atomic mass is 31.2. The van der Waals surface area contributed by atoms with Gasteiger partial charge in [0.1, 0.15) is 18.8 Å². The Morgan fingerprint density at radius 3 is 1.72 bits per heavy atom. The topological polar surface area (TPSA) is 201 Å². The van der Waals surface area contributed by atoms with Gasteiger partial charge in [-0.15, -0.1) is 0 Å². The molecule has 0 heterocycles. The molecule has 4 atom stereocenters. The van der Waals surface area contributed by atoms with Gasteiger partial charge in [-0.05, 0) is 32.1 Å². The van der Waals surface area contributed by atoms with Crippen LogP contribution in [0.15, 0.2) is 24.3 Å². The van der Waals surface area contributed by atoms with Gasteiger partial charge in [0.2, 0.25) is 0 Å². The molecule has 0 aliphatic rings. The van der Waals surface area contributed by atoms with E-state index in [0.717, 1.165) is 77.0 Å². The van der Waals surface area contributed by atoms with E-state index < -0.39 is 51.1 Å². The molecule has 0 fully saturated rings. The average Bonchev–Trinajstić information content (AvgIpc) is 3.15. The number of hydrogen-bond donors (Lipinski definition) is 4. The number of carbonyl (C=O) groups is 3. The molecule has 5 N–H and O–H groups in total. The maximum absolute atomic E-state index is 12.6. The molecule has 0 rings (SSSR count). The summed E-state index contributed by atoms with van der Waals surface area (Å²) in [6.07, 6.45) is 31.3. The van der Waals surface area contributed by atoms with Gasteiger partial charge in [0.15, 0.2) is 6.10 Å². The Bertz CT molecular complexity index is 1040. The van der Waals surface area contributed by atoms with Gasteiger partial charge in [0.05, 0.1) is 13.2 Å². The van der Waals surface area contributed by atoms with Crippen LogP contribution in [-0.2, 0) is 42.4 Å². The van der Waals surface area contributed by atoms with Crippen LogP contribution >= 0.6 is 7.82 Å². The van der Waals surface area contributed by atoms with E-state index in [1.54, 1.807) is 0 Å². The zero-order valence-corrected chi connectivity index (χ0v) is 34.3. The number of carboxylic acid groups (broad SMARTS) is 1. The van der Waals surface area contributed by atoms with Gasteiger partial charge < -0.3 is 25.2 Å².